The van der Waals surface area contributed by atoms with Gasteiger partial charge in [0.05, 0.1) is 20.3 Å². The van der Waals surface area contributed by atoms with Crippen LogP contribution < -0.4 is 15.7 Å². The van der Waals surface area contributed by atoms with E-state index in [4.69, 9.17) is 23.7 Å². The van der Waals surface area contributed by atoms with Crippen molar-refractivity contribution in [3.8, 4) is 5.75 Å². The highest BCUT2D eigenvalue weighted by molar-refractivity contribution is 5.58. The van der Waals surface area contributed by atoms with Gasteiger partial charge in [-0.1, -0.05) is 99.5 Å². The van der Waals surface area contributed by atoms with Crippen LogP contribution in [0.5, 0.6) is 5.75 Å². The van der Waals surface area contributed by atoms with E-state index in [1.54, 1.807) is 13.2 Å². The second-order valence-corrected chi connectivity index (χ2v) is 12.3. The fourth-order valence-electron chi connectivity index (χ4n) is 6.43. The number of hydrogen-bond donors (Lipinski definition) is 1. The number of rotatable bonds is 18. The fourth-order valence-corrected chi connectivity index (χ4v) is 6.43. The van der Waals surface area contributed by atoms with Crippen molar-refractivity contribution in [2.75, 3.05) is 46.0 Å². The first-order chi connectivity index (χ1) is 23.9. The molecule has 3 aromatic carbocycles. The SMILES string of the molecule is CCCCOC[C@@]1(COC)O[C@@H](n2ccc(NC(c3ccccc3)(c3ccccc3)c3ccc(OC)cc3)nc2=O)[C@H](F)[C@@H]1OCCCC. The van der Waals surface area contributed by atoms with E-state index < -0.39 is 35.3 Å². The number of aromatic nitrogens is 2. The lowest BCUT2D eigenvalue weighted by Crippen LogP contribution is -2.51. The van der Waals surface area contributed by atoms with Crippen LogP contribution in [0.1, 0.15) is 62.4 Å². The molecular formula is C39H48FN3O6. The third-order valence-corrected chi connectivity index (χ3v) is 8.96. The molecule has 5 rings (SSSR count). The summed E-state index contributed by atoms with van der Waals surface area (Å²) in [5.41, 5.74) is -0.108. The lowest BCUT2D eigenvalue weighted by molar-refractivity contribution is -0.176. The molecule has 262 valence electrons. The van der Waals surface area contributed by atoms with Crippen LogP contribution in [-0.2, 0) is 24.5 Å². The number of alkyl halides is 1. The number of ether oxygens (including phenoxy) is 5. The number of anilines is 1. The molecule has 1 aliphatic rings. The van der Waals surface area contributed by atoms with Crippen LogP contribution in [-0.4, -0.2) is 68.1 Å². The third-order valence-electron chi connectivity index (χ3n) is 8.96. The number of nitrogens with zero attached hydrogens (tertiary/aromatic N) is 2. The fraction of sp³-hybridized carbons (Fsp3) is 0.436. The summed E-state index contributed by atoms with van der Waals surface area (Å²) in [5.74, 6) is 1.02. The Morgan fingerprint density at radius 1 is 0.857 bits per heavy atom. The molecule has 0 spiro atoms. The van der Waals surface area contributed by atoms with E-state index in [2.05, 4.69) is 17.2 Å². The van der Waals surface area contributed by atoms with E-state index >= 15 is 4.39 Å². The van der Waals surface area contributed by atoms with Gasteiger partial charge in [0, 0.05) is 26.5 Å². The highest BCUT2D eigenvalue weighted by atomic mass is 19.1. The van der Waals surface area contributed by atoms with Gasteiger partial charge in [-0.05, 0) is 47.7 Å². The lowest BCUT2D eigenvalue weighted by Gasteiger charge is -2.37. The number of hydrogen-bond acceptors (Lipinski definition) is 8. The highest BCUT2D eigenvalue weighted by Gasteiger charge is 2.58. The minimum atomic E-state index is -1.67. The number of benzene rings is 3. The van der Waals surface area contributed by atoms with Gasteiger partial charge in [-0.25, -0.2) is 9.18 Å². The van der Waals surface area contributed by atoms with E-state index in [0.717, 1.165) is 42.4 Å². The van der Waals surface area contributed by atoms with Gasteiger partial charge in [-0.15, -0.1) is 0 Å². The minimum absolute atomic E-state index is 0.0349. The predicted molar refractivity (Wildman–Crippen MR) is 188 cm³/mol. The molecule has 10 heteroatoms. The molecule has 2 heterocycles. The highest BCUT2D eigenvalue weighted by Crippen LogP contribution is 2.42. The standard InChI is InChI=1S/C39H48FN3O6/c1-5-7-25-47-28-38(27-45-3)35(48-26-8-6-2)34(40)36(49-38)43-24-23-33(41-37(43)44)42-39(29-15-11-9-12-16-29,30-17-13-10-14-18-30)31-19-21-32(46-4)22-20-31/h9-24,34-36H,5-8,25-28H2,1-4H3,(H,41,42,44)/t34-,35+,36-,38-/m1/s1. The summed E-state index contributed by atoms with van der Waals surface area (Å²) in [4.78, 5) is 18.3. The molecule has 0 unspecified atom stereocenters. The molecular weight excluding hydrogens is 625 g/mol. The van der Waals surface area contributed by atoms with Crippen LogP contribution >= 0.6 is 0 Å². The molecule has 49 heavy (non-hydrogen) atoms. The van der Waals surface area contributed by atoms with Gasteiger partial charge in [0.25, 0.3) is 0 Å². The van der Waals surface area contributed by atoms with Crippen LogP contribution in [0.25, 0.3) is 0 Å². The summed E-state index contributed by atoms with van der Waals surface area (Å²) in [6.45, 7) is 5.06. The van der Waals surface area contributed by atoms with Crippen LogP contribution in [0.2, 0.25) is 0 Å². The zero-order chi connectivity index (χ0) is 34.7. The smallest absolute Gasteiger partial charge is 0.351 e. The Morgan fingerprint density at radius 2 is 1.47 bits per heavy atom. The number of nitrogens with one attached hydrogen (secondary N) is 1. The van der Waals surface area contributed by atoms with E-state index in [1.165, 1.54) is 17.9 Å². The molecule has 0 radical (unpaired) electrons. The van der Waals surface area contributed by atoms with E-state index in [1.807, 2.05) is 91.9 Å². The Hall–Kier alpha value is -4.09. The molecule has 0 saturated carbocycles. The van der Waals surface area contributed by atoms with Crippen LogP contribution in [0.4, 0.5) is 10.2 Å². The molecule has 1 aliphatic heterocycles. The molecule has 4 atom stereocenters. The van der Waals surface area contributed by atoms with Crippen LogP contribution in [0.15, 0.2) is 102 Å². The molecule has 1 N–H and O–H groups in total. The molecule has 0 amide bonds. The quantitative estimate of drug-likeness (QED) is 0.0900. The van der Waals surface area contributed by atoms with Crippen molar-refractivity contribution in [2.45, 2.75) is 69.2 Å². The Bertz CT molecular complexity index is 1600. The number of unbranched alkanes of at least 4 members (excludes halogenated alkanes) is 2. The molecule has 1 saturated heterocycles. The van der Waals surface area contributed by atoms with Crippen molar-refractivity contribution in [1.29, 1.82) is 0 Å². The van der Waals surface area contributed by atoms with Gasteiger partial charge >= 0.3 is 5.69 Å². The van der Waals surface area contributed by atoms with Gasteiger partial charge in [0.2, 0.25) is 0 Å². The summed E-state index contributed by atoms with van der Waals surface area (Å²) < 4.78 is 47.1. The molecule has 4 aromatic rings. The summed E-state index contributed by atoms with van der Waals surface area (Å²) >= 11 is 0. The van der Waals surface area contributed by atoms with Gasteiger partial charge in [0.15, 0.2) is 12.4 Å². The van der Waals surface area contributed by atoms with Crippen molar-refractivity contribution >= 4 is 5.82 Å². The van der Waals surface area contributed by atoms with Crippen molar-refractivity contribution in [3.63, 3.8) is 0 Å². The molecule has 0 aliphatic carbocycles. The molecule has 9 nitrogen and oxygen atoms in total. The summed E-state index contributed by atoms with van der Waals surface area (Å²) in [6.07, 6.45) is 1.01. The van der Waals surface area contributed by atoms with Crippen molar-refractivity contribution in [1.82, 2.24) is 9.55 Å². The van der Waals surface area contributed by atoms with Gasteiger partial charge < -0.3 is 29.0 Å². The number of methoxy groups -OCH3 is 2. The van der Waals surface area contributed by atoms with Gasteiger partial charge in [-0.3, -0.25) is 4.57 Å². The summed E-state index contributed by atoms with van der Waals surface area (Å²) in [6, 6.07) is 29.4. The van der Waals surface area contributed by atoms with Gasteiger partial charge in [0.1, 0.15) is 28.8 Å². The Balaban J connectivity index is 1.54. The average Bonchev–Trinajstić information content (AvgIpc) is 3.40. The zero-order valence-electron chi connectivity index (χ0n) is 28.8. The first kappa shape index (κ1) is 36.2. The van der Waals surface area contributed by atoms with E-state index in [-0.39, 0.29) is 13.2 Å². The van der Waals surface area contributed by atoms with E-state index in [0.29, 0.717) is 24.8 Å². The summed E-state index contributed by atoms with van der Waals surface area (Å²) in [5, 5.41) is 3.60. The molecule has 1 fully saturated rings. The lowest BCUT2D eigenvalue weighted by atomic mass is 9.77. The Kier molecular flexibility index (Phi) is 12.6. The predicted octanol–water partition coefficient (Wildman–Crippen LogP) is 6.91. The van der Waals surface area contributed by atoms with Crippen molar-refractivity contribution < 1.29 is 28.1 Å². The van der Waals surface area contributed by atoms with Gasteiger partial charge in [-0.2, -0.15) is 4.98 Å². The maximum Gasteiger partial charge on any atom is 0.351 e. The maximum atomic E-state index is 16.5. The normalized spacial score (nSPS) is 20.7. The largest absolute Gasteiger partial charge is 0.497 e. The molecule has 0 bridgehead atoms. The minimum Gasteiger partial charge on any atom is -0.497 e. The second kappa shape index (κ2) is 17.0. The second-order valence-electron chi connectivity index (χ2n) is 12.3. The maximum absolute atomic E-state index is 16.5. The topological polar surface area (TPSA) is 93.1 Å². The van der Waals surface area contributed by atoms with Crippen LogP contribution in [0, 0.1) is 0 Å². The molecule has 1 aromatic heterocycles. The summed E-state index contributed by atoms with van der Waals surface area (Å²) in [7, 11) is 3.16. The van der Waals surface area contributed by atoms with Crippen molar-refractivity contribution in [2.24, 2.45) is 0 Å². The van der Waals surface area contributed by atoms with Crippen molar-refractivity contribution in [3.05, 3.63) is 124 Å². The monoisotopic (exact) mass is 673 g/mol. The average molecular weight is 674 g/mol. The number of halogens is 1. The first-order valence-corrected chi connectivity index (χ1v) is 17.1. The Labute approximate surface area is 288 Å². The third kappa shape index (κ3) is 7.88. The van der Waals surface area contributed by atoms with Crippen LogP contribution in [0.3, 0.4) is 0 Å². The first-order valence-electron chi connectivity index (χ1n) is 17.1. The Morgan fingerprint density at radius 3 is 2.04 bits per heavy atom. The zero-order valence-corrected chi connectivity index (χ0v) is 28.8. The van der Waals surface area contributed by atoms with E-state index in [9.17, 15) is 4.79 Å².